The Morgan fingerprint density at radius 1 is 1.17 bits per heavy atom. The van der Waals surface area contributed by atoms with Gasteiger partial charge in [0, 0.05) is 24.1 Å². The molecule has 2 aliphatic rings. The van der Waals surface area contributed by atoms with E-state index >= 15 is 0 Å². The van der Waals surface area contributed by atoms with Gasteiger partial charge in [-0.05, 0) is 51.2 Å². The van der Waals surface area contributed by atoms with Crippen molar-refractivity contribution in [2.45, 2.75) is 57.2 Å². The summed E-state index contributed by atoms with van der Waals surface area (Å²) >= 11 is 0. The predicted molar refractivity (Wildman–Crippen MR) is 126 cm³/mol. The molecule has 1 saturated heterocycles. The summed E-state index contributed by atoms with van der Waals surface area (Å²) in [5.41, 5.74) is 4.51. The number of nitrogens with zero attached hydrogens (tertiary/aromatic N) is 9. The Hall–Kier alpha value is -4.02. The first-order valence-electron chi connectivity index (χ1n) is 11.9. The van der Waals surface area contributed by atoms with Gasteiger partial charge in [-0.15, -0.1) is 0 Å². The van der Waals surface area contributed by atoms with Crippen molar-refractivity contribution in [2.75, 3.05) is 6.61 Å². The lowest BCUT2D eigenvalue weighted by Gasteiger charge is -2.43. The molecule has 1 unspecified atom stereocenters. The lowest BCUT2D eigenvalue weighted by atomic mass is 9.67. The quantitative estimate of drug-likeness (QED) is 0.434. The zero-order valence-electron chi connectivity index (χ0n) is 19.5. The van der Waals surface area contributed by atoms with Crippen LogP contribution in [-0.2, 0) is 10.3 Å². The van der Waals surface area contributed by atoms with Crippen molar-refractivity contribution in [3.63, 3.8) is 0 Å². The van der Waals surface area contributed by atoms with Gasteiger partial charge in [0.05, 0.1) is 59.8 Å². The second-order valence-corrected chi connectivity index (χ2v) is 9.54. The first-order valence-corrected chi connectivity index (χ1v) is 11.9. The molecule has 1 atom stereocenters. The maximum atomic E-state index is 9.39. The molecule has 4 aromatic rings. The fraction of sp³-hybridized carbons (Fsp3) is 0.440. The van der Waals surface area contributed by atoms with Gasteiger partial charge < -0.3 is 4.74 Å². The van der Waals surface area contributed by atoms with Crippen molar-refractivity contribution >= 4 is 5.52 Å². The highest BCUT2D eigenvalue weighted by Gasteiger charge is 2.46. The van der Waals surface area contributed by atoms with Crippen molar-refractivity contribution in [3.8, 4) is 34.8 Å². The van der Waals surface area contributed by atoms with Crippen LogP contribution in [0.2, 0.25) is 0 Å². The zero-order valence-corrected chi connectivity index (χ0v) is 19.5. The molecular weight excluding hydrogens is 442 g/mol. The number of hydrogen-bond acceptors (Lipinski definition) is 7. The van der Waals surface area contributed by atoms with Crippen LogP contribution >= 0.6 is 0 Å². The molecule has 0 spiro atoms. The van der Waals surface area contributed by atoms with Crippen LogP contribution in [0.15, 0.2) is 36.9 Å². The maximum Gasteiger partial charge on any atom is 0.150 e. The smallest absolute Gasteiger partial charge is 0.150 e. The first kappa shape index (κ1) is 21.5. The lowest BCUT2D eigenvalue weighted by molar-refractivity contribution is -0.0405. The molecule has 10 heteroatoms. The molecule has 5 heterocycles. The van der Waals surface area contributed by atoms with E-state index in [4.69, 9.17) is 14.8 Å². The standard InChI is InChI=1S/C25H25N9O/c1-17-10-20(31-34(17)23-4-2-3-9-35-23)21-16-32-22(5-8-28-32)24(30-21)19-14-29-33(15-19)25(6-7-26)11-18(12-25)13-27/h5,8,10,14-16,18,23H,2-4,6,9,11-12H2,1H3. The van der Waals surface area contributed by atoms with Gasteiger partial charge in [-0.25, -0.2) is 14.2 Å². The SMILES string of the molecule is Cc1cc(-c2cn3nccc3c(-c3cnn(C4(CC#N)CC(C#N)C4)c3)n2)nn1C1CCCCO1. The Morgan fingerprint density at radius 2 is 2.06 bits per heavy atom. The van der Waals surface area contributed by atoms with E-state index in [0.29, 0.717) is 25.0 Å². The zero-order chi connectivity index (χ0) is 24.0. The molecule has 1 aliphatic carbocycles. The molecular formula is C25H25N9O. The second-order valence-electron chi connectivity index (χ2n) is 9.54. The fourth-order valence-electron chi connectivity index (χ4n) is 5.30. The molecule has 6 rings (SSSR count). The van der Waals surface area contributed by atoms with Crippen LogP contribution in [0, 0.1) is 35.5 Å². The molecule has 2 fully saturated rings. The highest BCUT2D eigenvalue weighted by molar-refractivity contribution is 5.78. The Labute approximate surface area is 202 Å². The van der Waals surface area contributed by atoms with E-state index in [2.05, 4.69) is 22.3 Å². The Morgan fingerprint density at radius 3 is 2.83 bits per heavy atom. The topological polar surface area (TPSA) is 123 Å². The molecule has 1 saturated carbocycles. The van der Waals surface area contributed by atoms with Crippen molar-refractivity contribution < 1.29 is 4.74 Å². The molecule has 0 aromatic carbocycles. The van der Waals surface area contributed by atoms with E-state index in [-0.39, 0.29) is 12.1 Å². The average molecular weight is 468 g/mol. The fourth-order valence-corrected chi connectivity index (χ4v) is 5.30. The third-order valence-electron chi connectivity index (χ3n) is 7.19. The van der Waals surface area contributed by atoms with Gasteiger partial charge in [0.2, 0.25) is 0 Å². The number of ether oxygens (including phenoxy) is 1. The van der Waals surface area contributed by atoms with Crippen molar-refractivity contribution in [1.82, 2.24) is 34.2 Å². The highest BCUT2D eigenvalue weighted by Crippen LogP contribution is 2.46. The number of aryl methyl sites for hydroxylation is 1. The molecule has 0 radical (unpaired) electrons. The molecule has 0 amide bonds. The van der Waals surface area contributed by atoms with Crippen LogP contribution in [0.1, 0.15) is 50.4 Å². The van der Waals surface area contributed by atoms with E-state index in [1.807, 2.05) is 40.8 Å². The first-order chi connectivity index (χ1) is 17.1. The minimum atomic E-state index is -0.433. The van der Waals surface area contributed by atoms with Gasteiger partial charge in [-0.3, -0.25) is 4.68 Å². The predicted octanol–water partition coefficient (Wildman–Crippen LogP) is 4.01. The molecule has 0 bridgehead atoms. The van der Waals surface area contributed by atoms with E-state index < -0.39 is 5.54 Å². The van der Waals surface area contributed by atoms with Crippen LogP contribution < -0.4 is 0 Å². The Balaban J connectivity index is 1.39. The van der Waals surface area contributed by atoms with E-state index in [1.165, 1.54) is 0 Å². The van der Waals surface area contributed by atoms with Gasteiger partial charge in [0.25, 0.3) is 0 Å². The van der Waals surface area contributed by atoms with Crippen LogP contribution in [0.3, 0.4) is 0 Å². The van der Waals surface area contributed by atoms with Crippen LogP contribution in [-0.4, -0.2) is 40.8 Å². The summed E-state index contributed by atoms with van der Waals surface area (Å²) in [6, 6.07) is 8.53. The minimum absolute atomic E-state index is 0.0366. The van der Waals surface area contributed by atoms with Crippen LogP contribution in [0.5, 0.6) is 0 Å². The number of aromatic nitrogens is 7. The summed E-state index contributed by atoms with van der Waals surface area (Å²) in [7, 11) is 0. The molecule has 1 aliphatic heterocycles. The molecule has 4 aromatic heterocycles. The monoisotopic (exact) mass is 467 g/mol. The third kappa shape index (κ3) is 3.58. The van der Waals surface area contributed by atoms with Crippen molar-refractivity contribution in [2.24, 2.45) is 5.92 Å². The number of rotatable bonds is 5. The minimum Gasteiger partial charge on any atom is -0.357 e. The van der Waals surface area contributed by atoms with Crippen molar-refractivity contribution in [3.05, 3.63) is 42.6 Å². The molecule has 35 heavy (non-hydrogen) atoms. The lowest BCUT2D eigenvalue weighted by Crippen LogP contribution is -2.46. The van der Waals surface area contributed by atoms with Gasteiger partial charge in [0.15, 0.2) is 0 Å². The Bertz CT molecular complexity index is 1470. The summed E-state index contributed by atoms with van der Waals surface area (Å²) in [6.45, 7) is 2.79. The van der Waals surface area contributed by atoms with E-state index in [9.17, 15) is 10.5 Å². The second kappa shape index (κ2) is 8.33. The largest absolute Gasteiger partial charge is 0.357 e. The maximum absolute atomic E-state index is 9.39. The summed E-state index contributed by atoms with van der Waals surface area (Å²) in [5, 5.41) is 32.5. The van der Waals surface area contributed by atoms with Crippen molar-refractivity contribution in [1.29, 1.82) is 10.5 Å². The average Bonchev–Trinajstić information content (AvgIpc) is 3.60. The van der Waals surface area contributed by atoms with Gasteiger partial charge >= 0.3 is 0 Å². The Kier molecular flexibility index (Phi) is 5.12. The third-order valence-corrected chi connectivity index (χ3v) is 7.19. The van der Waals surface area contributed by atoms with Gasteiger partial charge in [0.1, 0.15) is 17.6 Å². The van der Waals surface area contributed by atoms with Crippen LogP contribution in [0.25, 0.3) is 28.2 Å². The molecule has 176 valence electrons. The summed E-state index contributed by atoms with van der Waals surface area (Å²) < 4.78 is 11.5. The van der Waals surface area contributed by atoms with Gasteiger partial charge in [-0.1, -0.05) is 0 Å². The number of fused-ring (bicyclic) bond motifs is 1. The molecule has 10 nitrogen and oxygen atoms in total. The number of nitriles is 2. The summed E-state index contributed by atoms with van der Waals surface area (Å²) in [6.07, 6.45) is 12.1. The van der Waals surface area contributed by atoms with Gasteiger partial charge in [-0.2, -0.15) is 25.8 Å². The van der Waals surface area contributed by atoms with E-state index in [1.54, 1.807) is 16.9 Å². The summed E-state index contributed by atoms with van der Waals surface area (Å²) in [4.78, 5) is 4.98. The molecule has 0 N–H and O–H groups in total. The normalized spacial score (nSPS) is 24.1. The highest BCUT2D eigenvalue weighted by atomic mass is 16.5. The van der Waals surface area contributed by atoms with E-state index in [0.717, 1.165) is 54.0 Å². The number of hydrogen-bond donors (Lipinski definition) is 0. The van der Waals surface area contributed by atoms with Crippen LogP contribution in [0.4, 0.5) is 0 Å². The summed E-state index contributed by atoms with van der Waals surface area (Å²) in [5.74, 6) is -0.0366.